The maximum Gasteiger partial charge on any atom is 0.223 e. The van der Waals surface area contributed by atoms with Crippen LogP contribution in [0.2, 0.25) is 0 Å². The lowest BCUT2D eigenvalue weighted by molar-refractivity contribution is -0.123. The first-order chi connectivity index (χ1) is 9.66. The Morgan fingerprint density at radius 2 is 2.15 bits per heavy atom. The van der Waals surface area contributed by atoms with Crippen LogP contribution in [0.4, 0.5) is 0 Å². The summed E-state index contributed by atoms with van der Waals surface area (Å²) < 4.78 is 1.84. The van der Waals surface area contributed by atoms with Crippen LogP contribution >= 0.6 is 0 Å². The lowest BCUT2D eigenvalue weighted by Gasteiger charge is -2.06. The molecule has 2 amide bonds. The van der Waals surface area contributed by atoms with E-state index >= 15 is 0 Å². The second-order valence-electron chi connectivity index (χ2n) is 5.33. The van der Waals surface area contributed by atoms with Crippen molar-refractivity contribution in [2.75, 3.05) is 13.1 Å². The first-order valence-electron chi connectivity index (χ1n) is 7.18. The van der Waals surface area contributed by atoms with Gasteiger partial charge in [-0.1, -0.05) is 6.92 Å². The van der Waals surface area contributed by atoms with Crippen molar-refractivity contribution in [2.24, 2.45) is 11.8 Å². The van der Waals surface area contributed by atoms with Gasteiger partial charge in [0.1, 0.15) is 0 Å². The molecular formula is C14H22N4O2. The lowest BCUT2D eigenvalue weighted by atomic mass is 10.3. The molecule has 2 N–H and O–H groups in total. The van der Waals surface area contributed by atoms with E-state index in [2.05, 4.69) is 22.7 Å². The standard InChI is InChI=1S/C14H22N4O2/c1-11-10-12(11)14(20)16-7-4-13(19)15-5-2-8-18-9-3-6-17-18/h3,6,9,11-12H,2,4-5,7-8,10H2,1H3,(H,15,19)(H,16,20)/t11-,12+/m0/s1. The first-order valence-corrected chi connectivity index (χ1v) is 7.18. The van der Waals surface area contributed by atoms with E-state index in [1.54, 1.807) is 6.20 Å². The Morgan fingerprint density at radius 1 is 1.35 bits per heavy atom. The molecule has 0 bridgehead atoms. The van der Waals surface area contributed by atoms with Gasteiger partial charge in [-0.2, -0.15) is 5.10 Å². The molecule has 20 heavy (non-hydrogen) atoms. The van der Waals surface area contributed by atoms with Crippen LogP contribution in [0.15, 0.2) is 18.5 Å². The van der Waals surface area contributed by atoms with Gasteiger partial charge in [0.15, 0.2) is 0 Å². The fraction of sp³-hybridized carbons (Fsp3) is 0.643. The molecule has 2 atom stereocenters. The SMILES string of the molecule is C[C@H]1C[C@H]1C(=O)NCCC(=O)NCCCn1cccn1. The van der Waals surface area contributed by atoms with Crippen molar-refractivity contribution in [1.29, 1.82) is 0 Å². The van der Waals surface area contributed by atoms with E-state index in [9.17, 15) is 9.59 Å². The Kier molecular flexibility index (Phi) is 5.15. The summed E-state index contributed by atoms with van der Waals surface area (Å²) in [5.41, 5.74) is 0. The Bertz CT molecular complexity index is 444. The Morgan fingerprint density at radius 3 is 2.80 bits per heavy atom. The molecule has 0 aliphatic heterocycles. The number of aromatic nitrogens is 2. The van der Waals surface area contributed by atoms with Gasteiger partial charge >= 0.3 is 0 Å². The predicted octanol–water partition coefficient (Wildman–Crippen LogP) is 0.552. The molecule has 1 aromatic rings. The van der Waals surface area contributed by atoms with Gasteiger partial charge in [0.25, 0.3) is 0 Å². The molecule has 0 unspecified atom stereocenters. The summed E-state index contributed by atoms with van der Waals surface area (Å²) in [6.45, 7) is 3.92. The summed E-state index contributed by atoms with van der Waals surface area (Å²) in [7, 11) is 0. The zero-order valence-corrected chi connectivity index (χ0v) is 11.8. The quantitative estimate of drug-likeness (QED) is 0.682. The highest BCUT2D eigenvalue weighted by molar-refractivity contribution is 5.82. The lowest BCUT2D eigenvalue weighted by Crippen LogP contribution is -2.32. The summed E-state index contributed by atoms with van der Waals surface area (Å²) in [6, 6.07) is 1.88. The number of hydrogen-bond acceptors (Lipinski definition) is 3. The van der Waals surface area contributed by atoms with E-state index in [4.69, 9.17) is 0 Å². The topological polar surface area (TPSA) is 76.0 Å². The third-order valence-electron chi connectivity index (χ3n) is 3.54. The van der Waals surface area contributed by atoms with Crippen molar-refractivity contribution in [1.82, 2.24) is 20.4 Å². The number of nitrogens with one attached hydrogen (secondary N) is 2. The van der Waals surface area contributed by atoms with Crippen LogP contribution in [0, 0.1) is 11.8 Å². The number of carbonyl (C=O) groups excluding carboxylic acids is 2. The molecule has 1 fully saturated rings. The summed E-state index contributed by atoms with van der Waals surface area (Å²) in [5, 5.41) is 9.73. The van der Waals surface area contributed by atoms with Gasteiger partial charge < -0.3 is 10.6 Å². The maximum atomic E-state index is 11.6. The molecule has 0 saturated heterocycles. The second kappa shape index (κ2) is 7.07. The minimum atomic E-state index is -0.0189. The van der Waals surface area contributed by atoms with Crippen LogP contribution < -0.4 is 10.6 Å². The Hall–Kier alpha value is -1.85. The summed E-state index contributed by atoms with van der Waals surface area (Å²) >= 11 is 0. The van der Waals surface area contributed by atoms with E-state index in [0.717, 1.165) is 19.4 Å². The Balaban J connectivity index is 1.47. The van der Waals surface area contributed by atoms with Crippen molar-refractivity contribution in [3.8, 4) is 0 Å². The van der Waals surface area contributed by atoms with E-state index < -0.39 is 0 Å². The smallest absolute Gasteiger partial charge is 0.223 e. The molecule has 1 saturated carbocycles. The molecule has 6 heteroatoms. The molecule has 1 aliphatic rings. The summed E-state index contributed by atoms with van der Waals surface area (Å²) in [6.07, 6.45) is 5.80. The largest absolute Gasteiger partial charge is 0.356 e. The fourth-order valence-corrected chi connectivity index (χ4v) is 2.11. The van der Waals surface area contributed by atoms with Gasteiger partial charge in [-0.05, 0) is 24.8 Å². The van der Waals surface area contributed by atoms with E-state index in [1.165, 1.54) is 0 Å². The maximum absolute atomic E-state index is 11.6. The third-order valence-corrected chi connectivity index (χ3v) is 3.54. The second-order valence-corrected chi connectivity index (χ2v) is 5.33. The van der Waals surface area contributed by atoms with Crippen molar-refractivity contribution < 1.29 is 9.59 Å². The molecule has 0 spiro atoms. The van der Waals surface area contributed by atoms with Gasteiger partial charge in [0.2, 0.25) is 11.8 Å². The number of aryl methyl sites for hydroxylation is 1. The number of rotatable bonds is 8. The molecule has 1 aliphatic carbocycles. The zero-order chi connectivity index (χ0) is 14.4. The van der Waals surface area contributed by atoms with Crippen LogP contribution in [-0.4, -0.2) is 34.7 Å². The van der Waals surface area contributed by atoms with Gasteiger partial charge in [-0.3, -0.25) is 14.3 Å². The summed E-state index contributed by atoms with van der Waals surface area (Å²) in [4.78, 5) is 23.1. The van der Waals surface area contributed by atoms with E-state index in [0.29, 0.717) is 25.4 Å². The number of hydrogen-bond donors (Lipinski definition) is 2. The highest BCUT2D eigenvalue weighted by Gasteiger charge is 2.38. The van der Waals surface area contributed by atoms with Crippen LogP contribution in [0.5, 0.6) is 0 Å². The molecule has 1 aromatic heterocycles. The van der Waals surface area contributed by atoms with Crippen LogP contribution in [0.25, 0.3) is 0 Å². The van der Waals surface area contributed by atoms with Crippen molar-refractivity contribution in [3.05, 3.63) is 18.5 Å². The predicted molar refractivity (Wildman–Crippen MR) is 74.8 cm³/mol. The van der Waals surface area contributed by atoms with Crippen LogP contribution in [-0.2, 0) is 16.1 Å². The minimum absolute atomic E-state index is 0.0189. The van der Waals surface area contributed by atoms with Crippen molar-refractivity contribution >= 4 is 11.8 Å². The van der Waals surface area contributed by atoms with Crippen molar-refractivity contribution in [3.63, 3.8) is 0 Å². The van der Waals surface area contributed by atoms with Crippen LogP contribution in [0.3, 0.4) is 0 Å². The van der Waals surface area contributed by atoms with E-state index in [1.807, 2.05) is 16.9 Å². The summed E-state index contributed by atoms with van der Waals surface area (Å²) in [5.74, 6) is 0.747. The molecule has 0 aromatic carbocycles. The van der Waals surface area contributed by atoms with Gasteiger partial charge in [-0.25, -0.2) is 0 Å². The molecule has 0 radical (unpaired) electrons. The normalized spacial score (nSPS) is 20.4. The molecule has 6 nitrogen and oxygen atoms in total. The third kappa shape index (κ3) is 4.68. The van der Waals surface area contributed by atoms with Gasteiger partial charge in [0, 0.05) is 44.4 Å². The van der Waals surface area contributed by atoms with Gasteiger partial charge in [-0.15, -0.1) is 0 Å². The van der Waals surface area contributed by atoms with Crippen molar-refractivity contribution in [2.45, 2.75) is 32.7 Å². The highest BCUT2D eigenvalue weighted by atomic mass is 16.2. The van der Waals surface area contributed by atoms with Crippen LogP contribution in [0.1, 0.15) is 26.2 Å². The molecule has 1 heterocycles. The zero-order valence-electron chi connectivity index (χ0n) is 11.8. The fourth-order valence-electron chi connectivity index (χ4n) is 2.11. The highest BCUT2D eigenvalue weighted by Crippen LogP contribution is 2.37. The first kappa shape index (κ1) is 14.6. The average molecular weight is 278 g/mol. The molecule has 110 valence electrons. The molecular weight excluding hydrogens is 256 g/mol. The minimum Gasteiger partial charge on any atom is -0.356 e. The van der Waals surface area contributed by atoms with E-state index in [-0.39, 0.29) is 17.7 Å². The number of amides is 2. The van der Waals surface area contributed by atoms with Gasteiger partial charge in [0.05, 0.1) is 0 Å². The Labute approximate surface area is 118 Å². The number of carbonyl (C=O) groups is 2. The number of nitrogens with zero attached hydrogens (tertiary/aromatic N) is 2. The average Bonchev–Trinajstić information content (AvgIpc) is 2.94. The molecule has 2 rings (SSSR count). The monoisotopic (exact) mass is 278 g/mol.